The van der Waals surface area contributed by atoms with Crippen molar-refractivity contribution < 1.29 is 28.2 Å². The molecule has 0 amide bonds. The van der Waals surface area contributed by atoms with Crippen LogP contribution in [0.15, 0.2) is 12.1 Å². The van der Waals surface area contributed by atoms with Crippen molar-refractivity contribution in [3.63, 3.8) is 0 Å². The first kappa shape index (κ1) is 9.70. The number of carboxylic acids is 1. The largest absolute Gasteiger partial charge is 0.478 e. The summed E-state index contributed by atoms with van der Waals surface area (Å²) in [5.74, 6) is -1.09. The monoisotopic (exact) mass is 216 g/mol. The molecule has 0 saturated carbocycles. The van der Waals surface area contributed by atoms with Crippen LogP contribution in [0.25, 0.3) is 0 Å². The summed E-state index contributed by atoms with van der Waals surface area (Å²) < 4.78 is 34.8. The molecule has 1 aromatic carbocycles. The van der Waals surface area contributed by atoms with Gasteiger partial charge in [-0.3, -0.25) is 0 Å². The SMILES string of the molecule is O=C(O)c1cc2c(cc1C(F)F)OCO2. The molecule has 0 bridgehead atoms. The summed E-state index contributed by atoms with van der Waals surface area (Å²) in [6.07, 6.45) is -2.86. The van der Waals surface area contributed by atoms with Gasteiger partial charge in [0.05, 0.1) is 5.56 Å². The predicted octanol–water partition coefficient (Wildman–Crippen LogP) is 2.05. The van der Waals surface area contributed by atoms with Crippen LogP contribution >= 0.6 is 0 Å². The Bertz CT molecular complexity index is 417. The molecular formula is C9H6F2O4. The quantitative estimate of drug-likeness (QED) is 0.821. The van der Waals surface area contributed by atoms with Gasteiger partial charge in [-0.15, -0.1) is 0 Å². The Hall–Kier alpha value is -1.85. The molecule has 15 heavy (non-hydrogen) atoms. The van der Waals surface area contributed by atoms with E-state index in [0.717, 1.165) is 12.1 Å². The number of ether oxygens (including phenoxy) is 2. The highest BCUT2D eigenvalue weighted by Gasteiger charge is 2.24. The summed E-state index contributed by atoms with van der Waals surface area (Å²) in [4.78, 5) is 10.7. The number of hydrogen-bond acceptors (Lipinski definition) is 3. The zero-order chi connectivity index (χ0) is 11.0. The van der Waals surface area contributed by atoms with E-state index in [4.69, 9.17) is 14.6 Å². The Morgan fingerprint density at radius 1 is 1.33 bits per heavy atom. The summed E-state index contributed by atoms with van der Waals surface area (Å²) in [5.41, 5.74) is -1.03. The van der Waals surface area contributed by atoms with Crippen molar-refractivity contribution in [1.29, 1.82) is 0 Å². The van der Waals surface area contributed by atoms with E-state index in [1.54, 1.807) is 0 Å². The average molecular weight is 216 g/mol. The van der Waals surface area contributed by atoms with Crippen molar-refractivity contribution >= 4 is 5.97 Å². The maximum Gasteiger partial charge on any atom is 0.336 e. The Morgan fingerprint density at radius 2 is 1.93 bits per heavy atom. The van der Waals surface area contributed by atoms with Gasteiger partial charge in [0.1, 0.15) is 0 Å². The summed E-state index contributed by atoms with van der Waals surface area (Å²) in [6.45, 7) is -0.0823. The Labute approximate surface area is 83.0 Å². The van der Waals surface area contributed by atoms with Crippen LogP contribution in [0.5, 0.6) is 11.5 Å². The molecule has 1 heterocycles. The molecule has 0 atom stereocenters. The van der Waals surface area contributed by atoms with Crippen LogP contribution in [-0.2, 0) is 0 Å². The molecule has 1 aromatic rings. The van der Waals surface area contributed by atoms with Crippen molar-refractivity contribution in [2.24, 2.45) is 0 Å². The van der Waals surface area contributed by atoms with E-state index in [0.29, 0.717) is 0 Å². The Balaban J connectivity index is 2.57. The highest BCUT2D eigenvalue weighted by Crippen LogP contribution is 2.37. The van der Waals surface area contributed by atoms with Gasteiger partial charge >= 0.3 is 5.97 Å². The number of halogens is 2. The second kappa shape index (κ2) is 3.38. The van der Waals surface area contributed by atoms with Crippen molar-refractivity contribution in [2.45, 2.75) is 6.43 Å². The molecule has 2 rings (SSSR count). The Kier molecular flexibility index (Phi) is 2.18. The van der Waals surface area contributed by atoms with Crippen LogP contribution in [0.3, 0.4) is 0 Å². The minimum absolute atomic E-state index is 0.0823. The number of alkyl halides is 2. The minimum atomic E-state index is -2.86. The van der Waals surface area contributed by atoms with Crippen LogP contribution in [0.1, 0.15) is 22.3 Å². The number of carbonyl (C=O) groups is 1. The highest BCUT2D eigenvalue weighted by atomic mass is 19.3. The number of hydrogen-bond donors (Lipinski definition) is 1. The molecule has 6 heteroatoms. The fraction of sp³-hybridized carbons (Fsp3) is 0.222. The van der Waals surface area contributed by atoms with Gasteiger partial charge in [0.2, 0.25) is 6.79 Å². The normalized spacial score (nSPS) is 13.3. The third-order valence-corrected chi connectivity index (χ3v) is 2.01. The molecule has 80 valence electrons. The van der Waals surface area contributed by atoms with Crippen LogP contribution in [0, 0.1) is 0 Å². The highest BCUT2D eigenvalue weighted by molar-refractivity contribution is 5.90. The lowest BCUT2D eigenvalue weighted by molar-refractivity contribution is 0.0684. The molecule has 4 nitrogen and oxygen atoms in total. The van der Waals surface area contributed by atoms with Crippen LogP contribution < -0.4 is 9.47 Å². The third kappa shape index (κ3) is 1.58. The van der Waals surface area contributed by atoms with E-state index < -0.39 is 23.5 Å². The second-order valence-corrected chi connectivity index (χ2v) is 2.90. The van der Waals surface area contributed by atoms with E-state index in [1.807, 2.05) is 0 Å². The molecule has 0 saturated heterocycles. The van der Waals surface area contributed by atoms with Gasteiger partial charge in [0, 0.05) is 5.56 Å². The van der Waals surface area contributed by atoms with Gasteiger partial charge in [-0.1, -0.05) is 0 Å². The summed E-state index contributed by atoms with van der Waals surface area (Å²) in [5, 5.41) is 8.72. The first-order valence-electron chi connectivity index (χ1n) is 4.04. The van der Waals surface area contributed by atoms with Gasteiger partial charge < -0.3 is 14.6 Å². The maximum atomic E-state index is 12.5. The van der Waals surface area contributed by atoms with Crippen molar-refractivity contribution in [2.75, 3.05) is 6.79 Å². The summed E-state index contributed by atoms with van der Waals surface area (Å²) >= 11 is 0. The minimum Gasteiger partial charge on any atom is -0.478 e. The zero-order valence-corrected chi connectivity index (χ0v) is 7.37. The van der Waals surface area contributed by atoms with Crippen LogP contribution in [0.4, 0.5) is 8.78 Å². The molecule has 1 N–H and O–H groups in total. The smallest absolute Gasteiger partial charge is 0.336 e. The summed E-state index contributed by atoms with van der Waals surface area (Å²) in [6, 6.07) is 2.04. The fourth-order valence-electron chi connectivity index (χ4n) is 1.32. The van der Waals surface area contributed by atoms with Gasteiger partial charge in [0.25, 0.3) is 6.43 Å². The van der Waals surface area contributed by atoms with Crippen LogP contribution in [0.2, 0.25) is 0 Å². The van der Waals surface area contributed by atoms with E-state index >= 15 is 0 Å². The Morgan fingerprint density at radius 3 is 2.47 bits per heavy atom. The number of rotatable bonds is 2. The molecule has 0 aliphatic carbocycles. The standard InChI is InChI=1S/C9H6F2O4/c10-8(11)4-1-6-7(15-3-14-6)2-5(4)9(12)13/h1-2,8H,3H2,(H,12,13). The second-order valence-electron chi connectivity index (χ2n) is 2.90. The first-order chi connectivity index (χ1) is 7.09. The van der Waals surface area contributed by atoms with Crippen LogP contribution in [-0.4, -0.2) is 17.9 Å². The number of aromatic carboxylic acids is 1. The van der Waals surface area contributed by atoms with Crippen molar-refractivity contribution in [3.8, 4) is 11.5 Å². The molecule has 0 spiro atoms. The van der Waals surface area contributed by atoms with Gasteiger partial charge in [-0.2, -0.15) is 0 Å². The topological polar surface area (TPSA) is 55.8 Å². The maximum absolute atomic E-state index is 12.5. The fourth-order valence-corrected chi connectivity index (χ4v) is 1.32. The van der Waals surface area contributed by atoms with Gasteiger partial charge in [0.15, 0.2) is 11.5 Å². The number of benzene rings is 1. The van der Waals surface area contributed by atoms with Crippen molar-refractivity contribution in [1.82, 2.24) is 0 Å². The van der Waals surface area contributed by atoms with Gasteiger partial charge in [-0.25, -0.2) is 13.6 Å². The molecular weight excluding hydrogens is 210 g/mol. The lowest BCUT2D eigenvalue weighted by atomic mass is 10.1. The summed E-state index contributed by atoms with van der Waals surface area (Å²) in [7, 11) is 0. The average Bonchev–Trinajstić information content (AvgIpc) is 2.61. The predicted molar refractivity (Wildman–Crippen MR) is 44.5 cm³/mol. The number of carboxylic acid groups (broad SMARTS) is 1. The van der Waals surface area contributed by atoms with Gasteiger partial charge in [-0.05, 0) is 12.1 Å². The number of fused-ring (bicyclic) bond motifs is 1. The van der Waals surface area contributed by atoms with E-state index in [1.165, 1.54) is 0 Å². The zero-order valence-electron chi connectivity index (χ0n) is 7.37. The molecule has 0 radical (unpaired) electrons. The molecule has 0 unspecified atom stereocenters. The van der Waals surface area contributed by atoms with E-state index in [2.05, 4.69) is 0 Å². The molecule has 0 aromatic heterocycles. The first-order valence-corrected chi connectivity index (χ1v) is 4.04. The van der Waals surface area contributed by atoms with E-state index in [-0.39, 0.29) is 18.3 Å². The van der Waals surface area contributed by atoms with E-state index in [9.17, 15) is 13.6 Å². The molecule has 1 aliphatic heterocycles. The lowest BCUT2D eigenvalue weighted by Gasteiger charge is -2.06. The third-order valence-electron chi connectivity index (χ3n) is 2.01. The molecule has 1 aliphatic rings. The lowest BCUT2D eigenvalue weighted by Crippen LogP contribution is -2.02. The molecule has 0 fully saturated rings. The van der Waals surface area contributed by atoms with Crippen molar-refractivity contribution in [3.05, 3.63) is 23.3 Å².